The van der Waals surface area contributed by atoms with Gasteiger partial charge in [-0.15, -0.1) is 0 Å². The fourth-order valence-electron chi connectivity index (χ4n) is 24.9. The van der Waals surface area contributed by atoms with Crippen molar-refractivity contribution in [1.29, 1.82) is 0 Å². The Morgan fingerprint density at radius 2 is 0.302 bits per heavy atom. The van der Waals surface area contributed by atoms with Crippen molar-refractivity contribution >= 4 is 5.97 Å². The molecule has 0 radical (unpaired) electrons. The number of hydrogen-bond donors (Lipinski definition) is 0. The van der Waals surface area contributed by atoms with Crippen molar-refractivity contribution in [2.45, 2.75) is 430 Å². The molecule has 0 N–H and O–H groups in total. The van der Waals surface area contributed by atoms with Gasteiger partial charge in [0.05, 0.1) is 12.7 Å². The summed E-state index contributed by atoms with van der Waals surface area (Å²) in [6, 6.07) is 0. The van der Waals surface area contributed by atoms with Crippen LogP contribution in [-0.4, -0.2) is 13.1 Å². The third-order valence-corrected chi connectivity index (χ3v) is 28.3. The molecule has 0 aliphatic heterocycles. The maximum absolute atomic E-state index is 12.3. The van der Waals surface area contributed by atoms with Crippen LogP contribution in [-0.2, 0) is 191 Å². The van der Waals surface area contributed by atoms with Crippen LogP contribution < -0.4 is 0 Å². The van der Waals surface area contributed by atoms with Crippen LogP contribution in [0, 0.1) is 34.6 Å². The minimum atomic E-state index is -0.123. The van der Waals surface area contributed by atoms with Gasteiger partial charge in [-0.1, -0.05) is 132 Å². The molecule has 0 unspecified atom stereocenters. The van der Waals surface area contributed by atoms with Gasteiger partial charge in [0.25, 0.3) is 0 Å². The van der Waals surface area contributed by atoms with Crippen LogP contribution >= 0.6 is 0 Å². The first-order valence-electron chi connectivity index (χ1n) is 43.6. The van der Waals surface area contributed by atoms with Crippen molar-refractivity contribution in [3.8, 4) is 0 Å². The molecule has 0 fully saturated rings. The summed E-state index contributed by atoms with van der Waals surface area (Å²) in [7, 11) is 1.50. The second-order valence-corrected chi connectivity index (χ2v) is 41.5. The van der Waals surface area contributed by atoms with Gasteiger partial charge in [0.15, 0.2) is 0 Å². The number of rotatable bonds is 1. The monoisotopic (exact) mass is 1430 g/mol. The van der Waals surface area contributed by atoms with Crippen LogP contribution in [0.4, 0.5) is 0 Å². The maximum Gasteiger partial charge on any atom is 0.338 e. The van der Waals surface area contributed by atoms with Gasteiger partial charge >= 0.3 is 5.97 Å². The van der Waals surface area contributed by atoms with Gasteiger partial charge in [-0.05, 0) is 493 Å². The van der Waals surface area contributed by atoms with E-state index < -0.39 is 0 Å². The van der Waals surface area contributed by atoms with Crippen LogP contribution in [0.2, 0.25) is 0 Å². The average Bonchev–Trinajstić information content (AvgIpc) is 1.56. The molecule has 12 aliphatic carbocycles. The summed E-state index contributed by atoms with van der Waals surface area (Å²) in [6.07, 6.45) is 47.0. The molecule has 0 aromatic heterocycles. The lowest BCUT2D eigenvalue weighted by Gasteiger charge is -2.28. The van der Waals surface area contributed by atoms with Crippen molar-refractivity contribution in [2.75, 3.05) is 7.11 Å². The number of hydrogen-bond acceptors (Lipinski definition) is 2. The normalized spacial score (nSPS) is 17.9. The quantitative estimate of drug-likeness (QED) is 0.153. The maximum atomic E-state index is 12.3. The van der Waals surface area contributed by atoms with Crippen molar-refractivity contribution in [1.82, 2.24) is 0 Å². The molecule has 0 heterocycles. The van der Waals surface area contributed by atoms with Gasteiger partial charge in [0, 0.05) is 0 Å². The first-order valence-corrected chi connectivity index (χ1v) is 43.6. The molecule has 18 rings (SSSR count). The highest BCUT2D eigenvalue weighted by Crippen LogP contribution is 2.50. The summed E-state index contributed by atoms with van der Waals surface area (Å²) in [6.45, 7) is 54.8. The Bertz CT molecular complexity index is 3650. The van der Waals surface area contributed by atoms with Crippen molar-refractivity contribution < 1.29 is 9.53 Å². The molecule has 0 spiro atoms. The lowest BCUT2D eigenvalue weighted by Crippen LogP contribution is -2.20. The van der Waals surface area contributed by atoms with Crippen LogP contribution in [0.25, 0.3) is 0 Å². The Hall–Kier alpha value is -5.21. The van der Waals surface area contributed by atoms with E-state index >= 15 is 0 Å². The van der Waals surface area contributed by atoms with Crippen LogP contribution in [0.1, 0.15) is 414 Å². The molecule has 6 aromatic rings. The summed E-state index contributed by atoms with van der Waals surface area (Å²) in [4.78, 5) is 12.3. The molecule has 6 aromatic carbocycles. The van der Waals surface area contributed by atoms with E-state index in [9.17, 15) is 4.79 Å². The molecular weight excluding hydrogens is 1280 g/mol. The molecule has 12 aliphatic rings. The first kappa shape index (κ1) is 80.3. The van der Waals surface area contributed by atoms with Crippen molar-refractivity contribution in [3.05, 3.63) is 200 Å². The van der Waals surface area contributed by atoms with E-state index in [0.717, 1.165) is 31.2 Å². The molecule has 2 heteroatoms. The molecule has 0 saturated carbocycles. The predicted octanol–water partition coefficient (Wildman–Crippen LogP) is 25.7. The number of esters is 1. The van der Waals surface area contributed by atoms with Gasteiger partial charge in [0.2, 0.25) is 0 Å². The first-order chi connectivity index (χ1) is 49.4. The standard InChI is InChI=1S/C18H24O2.5C17H24.CH4/c1-18(2,3)16-13-9-5-7-11(13)15(17(19)20-4)12-8-6-10-14(12)16;5*1-11-12-7-5-9-14(12)16(17(2,3)4)15-10-6-8-13(11)15;/h5-10H2,1-4H3;5*5-10H2,1-4H3;1H4. The number of carbonyl (C=O) groups excluding carboxylic acids is 1. The van der Waals surface area contributed by atoms with E-state index in [0.29, 0.717) is 27.1 Å². The zero-order valence-corrected chi connectivity index (χ0v) is 71.8. The van der Waals surface area contributed by atoms with Crippen LogP contribution in [0.15, 0.2) is 0 Å². The molecule has 576 valence electrons. The molecule has 0 atom stereocenters. The number of fused-ring (bicyclic) bond motifs is 12. The van der Waals surface area contributed by atoms with E-state index in [1.165, 1.54) is 240 Å². The highest BCUT2D eigenvalue weighted by atomic mass is 16.5. The third-order valence-electron chi connectivity index (χ3n) is 28.3. The molecule has 0 amide bonds. The van der Waals surface area contributed by atoms with E-state index in [2.05, 4.69) is 159 Å². The fraction of sp³-hybridized carbons (Fsp3) is 0.644. The molecular formula is C104H148O2. The largest absolute Gasteiger partial charge is 0.465 e. The topological polar surface area (TPSA) is 26.3 Å². The lowest BCUT2D eigenvalue weighted by atomic mass is 9.76. The Balaban J connectivity index is 0.000000119. The number of ether oxygens (including phenoxy) is 1. The summed E-state index contributed by atoms with van der Waals surface area (Å²) < 4.78 is 5.07. The molecule has 2 nitrogen and oxygen atoms in total. The second-order valence-electron chi connectivity index (χ2n) is 41.5. The number of benzene rings is 6. The van der Waals surface area contributed by atoms with Crippen molar-refractivity contribution in [2.24, 2.45) is 0 Å². The van der Waals surface area contributed by atoms with E-state index in [-0.39, 0.29) is 18.8 Å². The van der Waals surface area contributed by atoms with E-state index in [4.69, 9.17) is 4.74 Å². The second kappa shape index (κ2) is 30.5. The van der Waals surface area contributed by atoms with Crippen molar-refractivity contribution in [3.63, 3.8) is 0 Å². The van der Waals surface area contributed by atoms with Crippen LogP contribution in [0.5, 0.6) is 0 Å². The number of carbonyl (C=O) groups is 1. The highest BCUT2D eigenvalue weighted by molar-refractivity contribution is 5.94. The summed E-state index contributed by atoms with van der Waals surface area (Å²) in [5.74, 6) is -0.123. The minimum absolute atomic E-state index is 0. The Morgan fingerprint density at radius 3 is 0.415 bits per heavy atom. The van der Waals surface area contributed by atoms with Gasteiger partial charge in [-0.2, -0.15) is 0 Å². The highest BCUT2D eigenvalue weighted by Gasteiger charge is 2.40. The van der Waals surface area contributed by atoms with Crippen LogP contribution in [0.3, 0.4) is 0 Å². The summed E-state index contributed by atoms with van der Waals surface area (Å²) in [5, 5.41) is 0. The van der Waals surface area contributed by atoms with Gasteiger partial charge < -0.3 is 4.74 Å². The molecule has 0 saturated heterocycles. The Labute approximate surface area is 649 Å². The Kier molecular flexibility index (Phi) is 23.1. The summed E-state index contributed by atoms with van der Waals surface area (Å²) >= 11 is 0. The third kappa shape index (κ3) is 14.8. The smallest absolute Gasteiger partial charge is 0.338 e. The van der Waals surface area contributed by atoms with E-state index in [1.807, 2.05) is 0 Å². The SMILES string of the molecule is C.COC(=O)c1c2c(c(C(C)(C)C)c3c1CCC3)CCC2.Cc1c2c(c(C(C)(C)C)c3c1CCC3)CCC2.Cc1c2c(c(C(C)(C)C)c3c1CCC3)CCC2.Cc1c2c(c(C(C)(C)C)c3c1CCC3)CCC2.Cc1c2c(c(C(C)(C)C)c3c1CCC3)CCC2.Cc1c2c(c(C(C)(C)C)c3c1CCC3)CCC2. The predicted molar refractivity (Wildman–Crippen MR) is 457 cm³/mol. The van der Waals surface area contributed by atoms with Gasteiger partial charge in [0.1, 0.15) is 0 Å². The minimum Gasteiger partial charge on any atom is -0.465 e. The van der Waals surface area contributed by atoms with Gasteiger partial charge in [-0.25, -0.2) is 4.79 Å². The molecule has 106 heavy (non-hydrogen) atoms. The number of methoxy groups -OCH3 is 1. The Morgan fingerprint density at radius 1 is 0.198 bits per heavy atom. The lowest BCUT2D eigenvalue weighted by molar-refractivity contribution is 0.0598. The zero-order chi connectivity index (χ0) is 75.5. The van der Waals surface area contributed by atoms with E-state index in [1.54, 1.807) is 167 Å². The molecule has 0 bridgehead atoms. The van der Waals surface area contributed by atoms with Gasteiger partial charge in [-0.3, -0.25) is 0 Å². The summed E-state index contributed by atoms with van der Waals surface area (Å²) in [5.41, 5.74) is 61.1. The zero-order valence-electron chi connectivity index (χ0n) is 71.8. The fourth-order valence-corrected chi connectivity index (χ4v) is 24.9. The average molecular weight is 1430 g/mol.